The highest BCUT2D eigenvalue weighted by Crippen LogP contribution is 2.30. The third kappa shape index (κ3) is 5.91. The molecule has 0 aliphatic carbocycles. The number of pyridine rings is 1. The molecule has 4 aromatic rings. The SMILES string of the molecule is CC(=O)[C@H](Cc1ccccc1)NC(=O)COC(=O)c1cc(-c2ccccc2Cl)nc2ccccc12. The molecule has 176 valence electrons. The molecule has 7 heteroatoms. The van der Waals surface area contributed by atoms with E-state index in [0.29, 0.717) is 33.6 Å². The van der Waals surface area contributed by atoms with Crippen molar-refractivity contribution in [2.45, 2.75) is 19.4 Å². The maximum absolute atomic E-state index is 13.0. The molecule has 1 heterocycles. The Kier molecular flexibility index (Phi) is 7.53. The first-order chi connectivity index (χ1) is 16.9. The van der Waals surface area contributed by atoms with E-state index in [2.05, 4.69) is 10.3 Å². The summed E-state index contributed by atoms with van der Waals surface area (Å²) in [6, 6.07) is 24.7. The second kappa shape index (κ2) is 10.9. The Bertz CT molecular complexity index is 1390. The van der Waals surface area contributed by atoms with Crippen LogP contribution in [0.4, 0.5) is 0 Å². The fourth-order valence-electron chi connectivity index (χ4n) is 3.74. The lowest BCUT2D eigenvalue weighted by Crippen LogP contribution is -2.43. The number of benzene rings is 3. The molecule has 0 spiro atoms. The van der Waals surface area contributed by atoms with Gasteiger partial charge in [0.15, 0.2) is 12.4 Å². The zero-order valence-electron chi connectivity index (χ0n) is 19.0. The molecule has 6 nitrogen and oxygen atoms in total. The van der Waals surface area contributed by atoms with Gasteiger partial charge in [-0.2, -0.15) is 0 Å². The summed E-state index contributed by atoms with van der Waals surface area (Å²) >= 11 is 6.34. The van der Waals surface area contributed by atoms with Gasteiger partial charge in [0.05, 0.1) is 22.8 Å². The number of esters is 1. The van der Waals surface area contributed by atoms with Crippen molar-refractivity contribution in [3.05, 3.63) is 101 Å². The molecular weight excluding hydrogens is 464 g/mol. The predicted octanol–water partition coefficient (Wildman–Crippen LogP) is 5.03. The van der Waals surface area contributed by atoms with Crippen molar-refractivity contribution in [2.24, 2.45) is 0 Å². The molecule has 1 aromatic heterocycles. The minimum atomic E-state index is -0.711. The number of aromatic nitrogens is 1. The molecule has 4 rings (SSSR count). The molecule has 1 atom stereocenters. The second-order valence-electron chi connectivity index (χ2n) is 8.05. The number of halogens is 1. The first-order valence-corrected chi connectivity index (χ1v) is 11.5. The van der Waals surface area contributed by atoms with Gasteiger partial charge in [0, 0.05) is 16.0 Å². The number of hydrogen-bond acceptors (Lipinski definition) is 5. The van der Waals surface area contributed by atoms with Crippen LogP contribution in [0.15, 0.2) is 84.9 Å². The molecule has 1 amide bonds. The lowest BCUT2D eigenvalue weighted by atomic mass is 10.0. The molecule has 0 radical (unpaired) electrons. The Morgan fingerprint density at radius 1 is 0.943 bits per heavy atom. The Hall–Kier alpha value is -4.03. The van der Waals surface area contributed by atoms with Crippen LogP contribution in [0.5, 0.6) is 0 Å². The van der Waals surface area contributed by atoms with E-state index in [4.69, 9.17) is 16.3 Å². The summed E-state index contributed by atoms with van der Waals surface area (Å²) < 4.78 is 5.33. The van der Waals surface area contributed by atoms with Crippen molar-refractivity contribution in [3.8, 4) is 11.3 Å². The molecule has 3 aromatic carbocycles. The molecule has 0 aliphatic rings. The van der Waals surface area contributed by atoms with Crippen LogP contribution in [0.3, 0.4) is 0 Å². The Morgan fingerprint density at radius 2 is 1.63 bits per heavy atom. The largest absolute Gasteiger partial charge is 0.452 e. The van der Waals surface area contributed by atoms with Gasteiger partial charge in [-0.25, -0.2) is 9.78 Å². The van der Waals surface area contributed by atoms with Crippen LogP contribution in [-0.2, 0) is 20.7 Å². The molecule has 0 bridgehead atoms. The van der Waals surface area contributed by atoms with Crippen molar-refractivity contribution in [3.63, 3.8) is 0 Å². The van der Waals surface area contributed by atoms with E-state index in [9.17, 15) is 14.4 Å². The van der Waals surface area contributed by atoms with Crippen LogP contribution in [0.25, 0.3) is 22.2 Å². The molecule has 0 fully saturated rings. The van der Waals surface area contributed by atoms with Crippen LogP contribution >= 0.6 is 11.6 Å². The zero-order valence-corrected chi connectivity index (χ0v) is 19.8. The molecule has 35 heavy (non-hydrogen) atoms. The number of para-hydroxylation sites is 1. The summed E-state index contributed by atoms with van der Waals surface area (Å²) in [5.41, 5.74) is 2.98. The van der Waals surface area contributed by atoms with E-state index in [1.165, 1.54) is 6.92 Å². The summed E-state index contributed by atoms with van der Waals surface area (Å²) in [7, 11) is 0. The van der Waals surface area contributed by atoms with Gasteiger partial charge in [0.2, 0.25) is 0 Å². The average Bonchev–Trinajstić information content (AvgIpc) is 2.87. The van der Waals surface area contributed by atoms with Gasteiger partial charge in [-0.15, -0.1) is 0 Å². The maximum Gasteiger partial charge on any atom is 0.339 e. The van der Waals surface area contributed by atoms with Crippen molar-refractivity contribution in [2.75, 3.05) is 6.61 Å². The monoisotopic (exact) mass is 486 g/mol. The number of nitrogens with zero attached hydrogens (tertiary/aromatic N) is 1. The quantitative estimate of drug-likeness (QED) is 0.353. The number of ketones is 1. The molecule has 0 saturated carbocycles. The van der Waals surface area contributed by atoms with Gasteiger partial charge >= 0.3 is 5.97 Å². The molecular formula is C28H23ClN2O4. The van der Waals surface area contributed by atoms with E-state index >= 15 is 0 Å². The van der Waals surface area contributed by atoms with Crippen LogP contribution in [0, 0.1) is 0 Å². The molecule has 0 aliphatic heterocycles. The Morgan fingerprint density at radius 3 is 2.37 bits per heavy atom. The van der Waals surface area contributed by atoms with E-state index < -0.39 is 24.5 Å². The number of nitrogens with one attached hydrogen (secondary N) is 1. The standard InChI is InChI=1S/C28H23ClN2O4/c1-18(32)25(15-19-9-3-2-4-10-19)31-27(33)17-35-28(34)22-16-26(21-12-5-7-13-23(21)29)30-24-14-8-6-11-20(22)24/h2-14,16,25H,15,17H2,1H3,(H,31,33)/t25-/m0/s1. The third-order valence-electron chi connectivity index (χ3n) is 5.53. The highest BCUT2D eigenvalue weighted by molar-refractivity contribution is 6.33. The number of Topliss-reactive ketones (excluding diaryl/α,β-unsaturated/α-hetero) is 1. The lowest BCUT2D eigenvalue weighted by Gasteiger charge is -2.16. The maximum atomic E-state index is 13.0. The summed E-state index contributed by atoms with van der Waals surface area (Å²) in [4.78, 5) is 42.2. The Balaban J connectivity index is 1.51. The van der Waals surface area contributed by atoms with Gasteiger partial charge in [0.25, 0.3) is 5.91 Å². The highest BCUT2D eigenvalue weighted by Gasteiger charge is 2.20. The zero-order chi connectivity index (χ0) is 24.8. The number of carbonyl (C=O) groups is 3. The first-order valence-electron chi connectivity index (χ1n) is 11.1. The number of hydrogen-bond donors (Lipinski definition) is 1. The summed E-state index contributed by atoms with van der Waals surface area (Å²) in [5.74, 6) is -1.41. The highest BCUT2D eigenvalue weighted by atomic mass is 35.5. The average molecular weight is 487 g/mol. The van der Waals surface area contributed by atoms with E-state index in [1.54, 1.807) is 30.3 Å². The first kappa shape index (κ1) is 24.1. The second-order valence-corrected chi connectivity index (χ2v) is 8.46. The van der Waals surface area contributed by atoms with E-state index in [-0.39, 0.29) is 11.3 Å². The van der Waals surface area contributed by atoms with Crippen LogP contribution in [-0.4, -0.2) is 35.3 Å². The van der Waals surface area contributed by atoms with E-state index in [0.717, 1.165) is 5.56 Å². The smallest absolute Gasteiger partial charge is 0.339 e. The van der Waals surface area contributed by atoms with Gasteiger partial charge < -0.3 is 10.1 Å². The minimum Gasteiger partial charge on any atom is -0.452 e. The van der Waals surface area contributed by atoms with Crippen molar-refractivity contribution in [1.29, 1.82) is 0 Å². The lowest BCUT2D eigenvalue weighted by molar-refractivity contribution is -0.128. The summed E-state index contributed by atoms with van der Waals surface area (Å²) in [6.07, 6.45) is 0.353. The number of amides is 1. The Labute approximate surface area is 207 Å². The molecule has 1 N–H and O–H groups in total. The number of carbonyl (C=O) groups excluding carboxylic acids is 3. The third-order valence-corrected chi connectivity index (χ3v) is 5.86. The molecule has 0 saturated heterocycles. The van der Waals surface area contributed by atoms with Crippen LogP contribution in [0.1, 0.15) is 22.8 Å². The van der Waals surface area contributed by atoms with Gasteiger partial charge in [-0.05, 0) is 37.1 Å². The topological polar surface area (TPSA) is 85.4 Å². The number of ether oxygens (including phenoxy) is 1. The van der Waals surface area contributed by atoms with E-state index in [1.807, 2.05) is 54.6 Å². The number of fused-ring (bicyclic) bond motifs is 1. The van der Waals surface area contributed by atoms with Crippen LogP contribution in [0.2, 0.25) is 5.02 Å². The van der Waals surface area contributed by atoms with Gasteiger partial charge in [-0.3, -0.25) is 9.59 Å². The van der Waals surface area contributed by atoms with Gasteiger partial charge in [-0.1, -0.05) is 78.3 Å². The fourth-order valence-corrected chi connectivity index (χ4v) is 3.97. The predicted molar refractivity (Wildman–Crippen MR) is 135 cm³/mol. The van der Waals surface area contributed by atoms with Crippen molar-refractivity contribution >= 4 is 40.2 Å². The minimum absolute atomic E-state index is 0.182. The fraction of sp³-hybridized carbons (Fsp3) is 0.143. The van der Waals surface area contributed by atoms with Gasteiger partial charge in [0.1, 0.15) is 0 Å². The number of rotatable bonds is 8. The normalized spacial score (nSPS) is 11.6. The summed E-state index contributed by atoms with van der Waals surface area (Å²) in [5, 5.41) is 3.76. The molecule has 0 unspecified atom stereocenters. The van der Waals surface area contributed by atoms with Crippen molar-refractivity contribution in [1.82, 2.24) is 10.3 Å². The van der Waals surface area contributed by atoms with Crippen LogP contribution < -0.4 is 5.32 Å². The van der Waals surface area contributed by atoms with Crippen molar-refractivity contribution < 1.29 is 19.1 Å². The summed E-state index contributed by atoms with van der Waals surface area (Å²) in [6.45, 7) is 0.898.